The summed E-state index contributed by atoms with van der Waals surface area (Å²) in [6.45, 7) is 1.89. The average molecular weight is 262 g/mol. The van der Waals surface area contributed by atoms with Crippen LogP contribution in [0.15, 0.2) is 0 Å². The number of rotatable bonds is 2. The first-order valence-corrected chi connectivity index (χ1v) is 7.05. The van der Waals surface area contributed by atoms with Crippen molar-refractivity contribution < 1.29 is 24.1 Å². The van der Waals surface area contributed by atoms with Crippen molar-refractivity contribution in [3.05, 3.63) is 0 Å². The van der Waals surface area contributed by atoms with E-state index in [4.69, 9.17) is 0 Å². The van der Waals surface area contributed by atoms with E-state index in [0.717, 1.165) is 0 Å². The van der Waals surface area contributed by atoms with Gasteiger partial charge in [0.2, 0.25) is 0 Å². The van der Waals surface area contributed by atoms with Crippen LogP contribution in [0, 0.1) is 22.7 Å². The Labute approximate surface area is 102 Å². The van der Waals surface area contributed by atoms with Crippen LogP contribution in [0.4, 0.5) is 0 Å². The molecule has 0 aromatic rings. The molecule has 5 nitrogen and oxygen atoms in total. The van der Waals surface area contributed by atoms with Crippen LogP contribution in [0.5, 0.6) is 0 Å². The minimum atomic E-state index is -2.29. The molecule has 3 aliphatic rings. The van der Waals surface area contributed by atoms with E-state index < -0.39 is 27.5 Å². The van der Waals surface area contributed by atoms with E-state index in [1.54, 1.807) is 0 Å². The van der Waals surface area contributed by atoms with Gasteiger partial charge in [-0.1, -0.05) is 6.92 Å². The summed E-state index contributed by atoms with van der Waals surface area (Å²) in [5.41, 5.74) is -0.830. The van der Waals surface area contributed by atoms with E-state index in [1.165, 1.54) is 0 Å². The van der Waals surface area contributed by atoms with Crippen LogP contribution >= 0.6 is 0 Å². The van der Waals surface area contributed by atoms with E-state index in [0.29, 0.717) is 12.8 Å². The minimum Gasteiger partial charge on any atom is -0.396 e. The van der Waals surface area contributed by atoms with Crippen molar-refractivity contribution in [2.24, 2.45) is 22.7 Å². The van der Waals surface area contributed by atoms with E-state index in [1.807, 2.05) is 6.92 Å². The molecule has 7 atom stereocenters. The first kappa shape index (κ1) is 12.0. The van der Waals surface area contributed by atoms with Crippen molar-refractivity contribution in [3.8, 4) is 0 Å². The highest BCUT2D eigenvalue weighted by Gasteiger charge is 2.80. The molecule has 4 N–H and O–H groups in total. The molecule has 3 rings (SSSR count). The highest BCUT2D eigenvalue weighted by Crippen LogP contribution is 2.77. The van der Waals surface area contributed by atoms with E-state index in [9.17, 15) is 24.1 Å². The van der Waals surface area contributed by atoms with Crippen LogP contribution in [-0.2, 0) is 11.1 Å². The van der Waals surface area contributed by atoms with Crippen LogP contribution in [0.25, 0.3) is 0 Å². The van der Waals surface area contributed by atoms with E-state index >= 15 is 0 Å². The van der Waals surface area contributed by atoms with Gasteiger partial charge in [0.15, 0.2) is 16.0 Å². The maximum atomic E-state index is 11.2. The van der Waals surface area contributed by atoms with Crippen molar-refractivity contribution in [2.45, 2.75) is 37.2 Å². The number of aliphatic hydroxyl groups is 3. The summed E-state index contributed by atoms with van der Waals surface area (Å²) >= 11 is -2.29. The second kappa shape index (κ2) is 3.11. The predicted molar refractivity (Wildman–Crippen MR) is 60.2 cm³/mol. The molecule has 0 aromatic carbocycles. The van der Waals surface area contributed by atoms with Crippen LogP contribution in [-0.4, -0.2) is 41.7 Å². The fraction of sp³-hybridized carbons (Fsp3) is 1.00. The molecule has 17 heavy (non-hydrogen) atoms. The Bertz CT molecular complexity index is 401. The molecule has 7 unspecified atom stereocenters. The Morgan fingerprint density at radius 2 is 2.06 bits per heavy atom. The molecule has 1 spiro atoms. The van der Waals surface area contributed by atoms with Gasteiger partial charge in [-0.2, -0.15) is 0 Å². The zero-order valence-corrected chi connectivity index (χ0v) is 10.5. The second-order valence-electron chi connectivity index (χ2n) is 6.19. The van der Waals surface area contributed by atoms with Gasteiger partial charge in [0.25, 0.3) is 0 Å². The largest absolute Gasteiger partial charge is 0.396 e. The normalized spacial score (nSPS) is 62.1. The summed E-state index contributed by atoms with van der Waals surface area (Å²) in [4.78, 5) is -1.59. The first-order chi connectivity index (χ1) is 7.82. The maximum absolute atomic E-state index is 11.2. The maximum Gasteiger partial charge on any atom is 0.186 e. The van der Waals surface area contributed by atoms with Gasteiger partial charge in [-0.3, -0.25) is 0 Å². The molecule has 3 fully saturated rings. The predicted octanol–water partition coefficient (Wildman–Crippen LogP) is -0.314. The lowest BCUT2D eigenvalue weighted by Gasteiger charge is -2.58. The van der Waals surface area contributed by atoms with Gasteiger partial charge < -0.3 is 19.9 Å². The highest BCUT2D eigenvalue weighted by molar-refractivity contribution is 7.80. The monoisotopic (exact) mass is 262 g/mol. The van der Waals surface area contributed by atoms with Crippen molar-refractivity contribution in [1.29, 1.82) is 0 Å². The quantitative estimate of drug-likeness (QED) is 0.512. The summed E-state index contributed by atoms with van der Waals surface area (Å²) in [7, 11) is 0. The zero-order valence-electron chi connectivity index (χ0n) is 9.67. The summed E-state index contributed by atoms with van der Waals surface area (Å²) < 4.78 is 20.4. The minimum absolute atomic E-state index is 0.0135. The molecule has 0 aliphatic heterocycles. The van der Waals surface area contributed by atoms with Crippen molar-refractivity contribution in [2.75, 3.05) is 6.61 Å². The van der Waals surface area contributed by atoms with Crippen LogP contribution < -0.4 is 0 Å². The number of hydrogen-bond acceptors (Lipinski definition) is 4. The summed E-state index contributed by atoms with van der Waals surface area (Å²) in [5, 5.41) is 30.0. The summed E-state index contributed by atoms with van der Waals surface area (Å²) in [6, 6.07) is 0. The summed E-state index contributed by atoms with van der Waals surface area (Å²) in [5.74, 6) is -0.375. The third kappa shape index (κ3) is 1.07. The van der Waals surface area contributed by atoms with Crippen molar-refractivity contribution in [1.82, 2.24) is 0 Å². The Hall–Kier alpha value is -0.0100. The van der Waals surface area contributed by atoms with Gasteiger partial charge in [-0.25, -0.2) is 4.21 Å². The molecule has 0 saturated heterocycles. The number of hydrogen-bond donors (Lipinski definition) is 4. The number of fused-ring (bicyclic) bond motifs is 1. The van der Waals surface area contributed by atoms with Gasteiger partial charge in [0, 0.05) is 17.9 Å². The lowest BCUT2D eigenvalue weighted by Crippen LogP contribution is -2.66. The van der Waals surface area contributed by atoms with Gasteiger partial charge in [0.1, 0.15) is 0 Å². The standard InChI is InChI=1S/C11H18O5S/c1-6-8(13)10-3-9(6,5-12)2-7(10)11(14,4-10)17(15)16/h6-8,12-14H,2-5H2,1H3,(H,15,16). The van der Waals surface area contributed by atoms with Gasteiger partial charge in [0.05, 0.1) is 6.10 Å². The van der Waals surface area contributed by atoms with Crippen LogP contribution in [0.3, 0.4) is 0 Å². The van der Waals surface area contributed by atoms with Crippen molar-refractivity contribution in [3.63, 3.8) is 0 Å². The number of aliphatic hydroxyl groups excluding tert-OH is 2. The molecule has 3 saturated carbocycles. The Morgan fingerprint density at radius 3 is 2.59 bits per heavy atom. The summed E-state index contributed by atoms with van der Waals surface area (Å²) in [6.07, 6.45) is 0.770. The Balaban J connectivity index is 1.99. The molecule has 0 radical (unpaired) electrons. The Morgan fingerprint density at radius 1 is 1.41 bits per heavy atom. The molecule has 0 aromatic heterocycles. The molecule has 2 bridgehead atoms. The third-order valence-corrected chi connectivity index (χ3v) is 6.79. The smallest absolute Gasteiger partial charge is 0.186 e. The lowest BCUT2D eigenvalue weighted by molar-refractivity contribution is -0.190. The SMILES string of the molecule is CC1C(O)C23CC1(CO)CC2C(O)(S(=O)O)C3. The zero-order chi connectivity index (χ0) is 12.6. The van der Waals surface area contributed by atoms with Crippen molar-refractivity contribution >= 4 is 11.1 Å². The molecular formula is C11H18O5S. The molecule has 0 heterocycles. The van der Waals surface area contributed by atoms with Gasteiger partial charge >= 0.3 is 0 Å². The molecule has 6 heteroatoms. The highest BCUT2D eigenvalue weighted by atomic mass is 32.2. The van der Waals surface area contributed by atoms with E-state index in [-0.39, 0.29) is 30.3 Å². The fourth-order valence-electron chi connectivity index (χ4n) is 4.76. The topological polar surface area (TPSA) is 98.0 Å². The molecule has 98 valence electrons. The van der Waals surface area contributed by atoms with Crippen LogP contribution in [0.1, 0.15) is 26.2 Å². The molecule has 0 amide bonds. The second-order valence-corrected chi connectivity index (χ2v) is 7.40. The lowest BCUT2D eigenvalue weighted by atomic mass is 9.54. The average Bonchev–Trinajstić information content (AvgIpc) is 2.68. The van der Waals surface area contributed by atoms with Gasteiger partial charge in [-0.15, -0.1) is 0 Å². The Kier molecular flexibility index (Phi) is 2.20. The van der Waals surface area contributed by atoms with Gasteiger partial charge in [-0.05, 0) is 30.6 Å². The van der Waals surface area contributed by atoms with E-state index in [2.05, 4.69) is 0 Å². The molecular weight excluding hydrogens is 244 g/mol. The van der Waals surface area contributed by atoms with Crippen LogP contribution in [0.2, 0.25) is 0 Å². The first-order valence-electron chi connectivity index (χ1n) is 5.95. The fourth-order valence-corrected chi connectivity index (χ4v) is 5.72. The molecule has 3 aliphatic carbocycles. The third-order valence-electron chi connectivity index (χ3n) is 5.76.